The zero-order valence-corrected chi connectivity index (χ0v) is 13.5. The summed E-state index contributed by atoms with van der Waals surface area (Å²) in [6.45, 7) is 4.70. The van der Waals surface area contributed by atoms with E-state index in [4.69, 9.17) is 0 Å². The maximum absolute atomic E-state index is 2.36. The van der Waals surface area contributed by atoms with E-state index in [-0.39, 0.29) is 0 Å². The molecule has 0 heterocycles. The van der Waals surface area contributed by atoms with E-state index in [9.17, 15) is 0 Å². The Morgan fingerprint density at radius 1 is 0.684 bits per heavy atom. The molecular weight excluding hydrogens is 228 g/mol. The van der Waals surface area contributed by atoms with Crippen molar-refractivity contribution in [1.82, 2.24) is 0 Å². The van der Waals surface area contributed by atoms with Crippen LogP contribution in [-0.2, 0) is 0 Å². The van der Waals surface area contributed by atoms with Crippen molar-refractivity contribution in [3.8, 4) is 0 Å². The van der Waals surface area contributed by atoms with E-state index in [0.717, 1.165) is 23.7 Å². The van der Waals surface area contributed by atoms with Crippen molar-refractivity contribution in [1.29, 1.82) is 0 Å². The fourth-order valence-corrected chi connectivity index (χ4v) is 4.87. The molecular formula is C19H36. The van der Waals surface area contributed by atoms with Crippen molar-refractivity contribution >= 4 is 0 Å². The van der Waals surface area contributed by atoms with Crippen molar-refractivity contribution in [3.05, 3.63) is 0 Å². The van der Waals surface area contributed by atoms with Gasteiger partial charge in [-0.3, -0.25) is 0 Å². The van der Waals surface area contributed by atoms with E-state index in [0.29, 0.717) is 0 Å². The van der Waals surface area contributed by atoms with Gasteiger partial charge in [-0.05, 0) is 42.9 Å². The van der Waals surface area contributed by atoms with E-state index in [1.807, 2.05) is 0 Å². The lowest BCUT2D eigenvalue weighted by Gasteiger charge is -2.38. The molecule has 0 aromatic carbocycles. The third-order valence-electron chi connectivity index (χ3n) is 6.04. The van der Waals surface area contributed by atoms with Crippen LogP contribution in [0, 0.1) is 23.7 Å². The van der Waals surface area contributed by atoms with Crippen LogP contribution in [-0.4, -0.2) is 0 Å². The van der Waals surface area contributed by atoms with Crippen LogP contribution >= 0.6 is 0 Å². The van der Waals surface area contributed by atoms with Crippen LogP contribution in [0.5, 0.6) is 0 Å². The van der Waals surface area contributed by atoms with E-state index in [2.05, 4.69) is 13.8 Å². The molecule has 0 aliphatic heterocycles. The van der Waals surface area contributed by atoms with Gasteiger partial charge in [0, 0.05) is 0 Å². The van der Waals surface area contributed by atoms with Gasteiger partial charge in [0.2, 0.25) is 0 Å². The normalized spacial score (nSPS) is 36.3. The Morgan fingerprint density at radius 3 is 2.16 bits per heavy atom. The Morgan fingerprint density at radius 2 is 1.47 bits per heavy atom. The predicted molar refractivity (Wildman–Crippen MR) is 85.3 cm³/mol. The van der Waals surface area contributed by atoms with E-state index in [1.54, 1.807) is 38.5 Å². The van der Waals surface area contributed by atoms with Crippen molar-refractivity contribution in [2.24, 2.45) is 23.7 Å². The van der Waals surface area contributed by atoms with Crippen LogP contribution in [0.2, 0.25) is 0 Å². The van der Waals surface area contributed by atoms with E-state index in [1.165, 1.54) is 44.9 Å². The van der Waals surface area contributed by atoms with Gasteiger partial charge in [0.1, 0.15) is 0 Å². The second kappa shape index (κ2) is 8.32. The second-order valence-corrected chi connectivity index (χ2v) is 7.50. The molecule has 19 heavy (non-hydrogen) atoms. The molecule has 0 N–H and O–H groups in total. The molecule has 2 rings (SSSR count). The van der Waals surface area contributed by atoms with Gasteiger partial charge in [-0.1, -0.05) is 78.1 Å². The quantitative estimate of drug-likeness (QED) is 0.507. The van der Waals surface area contributed by atoms with Crippen LogP contribution in [0.4, 0.5) is 0 Å². The molecule has 0 nitrogen and oxygen atoms in total. The molecule has 2 aliphatic rings. The lowest BCUT2D eigenvalue weighted by Crippen LogP contribution is -2.26. The predicted octanol–water partition coefficient (Wildman–Crippen LogP) is 6.59. The maximum atomic E-state index is 2.36. The summed E-state index contributed by atoms with van der Waals surface area (Å²) >= 11 is 0. The first-order chi connectivity index (χ1) is 9.33. The fraction of sp³-hybridized carbons (Fsp3) is 1.00. The zero-order chi connectivity index (χ0) is 13.5. The summed E-state index contributed by atoms with van der Waals surface area (Å²) in [5, 5.41) is 0. The summed E-state index contributed by atoms with van der Waals surface area (Å²) in [5.74, 6) is 4.39. The Bertz CT molecular complexity index is 222. The molecule has 2 fully saturated rings. The van der Waals surface area contributed by atoms with Crippen LogP contribution in [0.25, 0.3) is 0 Å². The number of rotatable bonds is 6. The molecule has 0 aromatic rings. The van der Waals surface area contributed by atoms with Crippen LogP contribution in [0.15, 0.2) is 0 Å². The molecule has 2 saturated carbocycles. The minimum atomic E-state index is 1.08. The minimum absolute atomic E-state index is 1.08. The van der Waals surface area contributed by atoms with Crippen molar-refractivity contribution in [2.75, 3.05) is 0 Å². The molecule has 0 aromatic heterocycles. The van der Waals surface area contributed by atoms with Gasteiger partial charge in [0.25, 0.3) is 0 Å². The molecule has 0 amide bonds. The molecule has 0 radical (unpaired) electrons. The molecule has 0 saturated heterocycles. The standard InChI is InChI=1S/C19H36/c1-3-5-8-16-11-13-18(14-12-16)19-10-6-9-17(15-19)7-4-2/h16-19H,3-15H2,1-2H3. The Kier molecular flexibility index (Phi) is 6.74. The van der Waals surface area contributed by atoms with Gasteiger partial charge in [-0.25, -0.2) is 0 Å². The topological polar surface area (TPSA) is 0 Å². The van der Waals surface area contributed by atoms with Crippen molar-refractivity contribution < 1.29 is 0 Å². The first-order valence-electron chi connectivity index (χ1n) is 9.33. The highest BCUT2D eigenvalue weighted by Gasteiger charge is 2.30. The van der Waals surface area contributed by atoms with E-state index >= 15 is 0 Å². The largest absolute Gasteiger partial charge is 0.0654 e. The molecule has 2 atom stereocenters. The second-order valence-electron chi connectivity index (χ2n) is 7.50. The summed E-state index contributed by atoms with van der Waals surface area (Å²) in [6, 6.07) is 0. The first-order valence-corrected chi connectivity index (χ1v) is 9.33. The molecule has 0 heteroatoms. The van der Waals surface area contributed by atoms with Gasteiger partial charge in [-0.15, -0.1) is 0 Å². The lowest BCUT2D eigenvalue weighted by molar-refractivity contribution is 0.133. The SMILES string of the molecule is CCCCC1CCC(C2CCCC(CCC)C2)CC1. The van der Waals surface area contributed by atoms with Crippen LogP contribution in [0.1, 0.15) is 97.3 Å². The Hall–Kier alpha value is 0. The Balaban J connectivity index is 1.71. The molecule has 0 spiro atoms. The number of hydrogen-bond donors (Lipinski definition) is 0. The van der Waals surface area contributed by atoms with Gasteiger partial charge in [0.05, 0.1) is 0 Å². The third-order valence-corrected chi connectivity index (χ3v) is 6.04. The Labute approximate surface area is 121 Å². The van der Waals surface area contributed by atoms with Gasteiger partial charge < -0.3 is 0 Å². The summed E-state index contributed by atoms with van der Waals surface area (Å²) in [6.07, 6.45) is 19.7. The van der Waals surface area contributed by atoms with Gasteiger partial charge in [-0.2, -0.15) is 0 Å². The molecule has 0 bridgehead atoms. The number of unbranched alkanes of at least 4 members (excludes halogenated alkanes) is 1. The monoisotopic (exact) mass is 264 g/mol. The third kappa shape index (κ3) is 4.80. The highest BCUT2D eigenvalue weighted by Crippen LogP contribution is 2.43. The summed E-state index contributed by atoms with van der Waals surface area (Å²) in [5.41, 5.74) is 0. The molecule has 2 aliphatic carbocycles. The summed E-state index contributed by atoms with van der Waals surface area (Å²) in [7, 11) is 0. The van der Waals surface area contributed by atoms with Crippen LogP contribution in [0.3, 0.4) is 0 Å². The lowest BCUT2D eigenvalue weighted by atomic mass is 9.67. The van der Waals surface area contributed by atoms with E-state index < -0.39 is 0 Å². The smallest absolute Gasteiger partial charge is 0.0383 e. The average molecular weight is 264 g/mol. The molecule has 2 unspecified atom stereocenters. The summed E-state index contributed by atoms with van der Waals surface area (Å²) in [4.78, 5) is 0. The van der Waals surface area contributed by atoms with Crippen molar-refractivity contribution in [2.45, 2.75) is 97.3 Å². The highest BCUT2D eigenvalue weighted by atomic mass is 14.4. The summed E-state index contributed by atoms with van der Waals surface area (Å²) < 4.78 is 0. The zero-order valence-electron chi connectivity index (χ0n) is 13.5. The fourth-order valence-electron chi connectivity index (χ4n) is 4.87. The average Bonchev–Trinajstić information content (AvgIpc) is 2.46. The van der Waals surface area contributed by atoms with Gasteiger partial charge in [0.15, 0.2) is 0 Å². The van der Waals surface area contributed by atoms with Crippen LogP contribution < -0.4 is 0 Å². The number of hydrogen-bond acceptors (Lipinski definition) is 0. The molecule has 112 valence electrons. The van der Waals surface area contributed by atoms with Gasteiger partial charge >= 0.3 is 0 Å². The first kappa shape index (κ1) is 15.4. The highest BCUT2D eigenvalue weighted by molar-refractivity contribution is 4.82. The van der Waals surface area contributed by atoms with Crippen molar-refractivity contribution in [3.63, 3.8) is 0 Å². The maximum Gasteiger partial charge on any atom is -0.0383 e. The minimum Gasteiger partial charge on any atom is -0.0654 e.